The average molecular weight is 159 g/mol. The van der Waals surface area contributed by atoms with Crippen LogP contribution in [0, 0.1) is 11.8 Å². The molecule has 0 bridgehead atoms. The maximum atomic E-state index is 9.08. The quantitative estimate of drug-likeness (QED) is 0.578. The van der Waals surface area contributed by atoms with E-state index >= 15 is 0 Å². The van der Waals surface area contributed by atoms with Crippen molar-refractivity contribution in [1.82, 2.24) is 0 Å². The van der Waals surface area contributed by atoms with Gasteiger partial charge in [-0.05, 0) is 13.8 Å². The summed E-state index contributed by atoms with van der Waals surface area (Å²) < 4.78 is 0. The van der Waals surface area contributed by atoms with Crippen LogP contribution in [0.15, 0.2) is 11.6 Å². The summed E-state index contributed by atoms with van der Waals surface area (Å²) in [6, 6.07) is 0. The van der Waals surface area contributed by atoms with Gasteiger partial charge in [0.25, 0.3) is 0 Å². The van der Waals surface area contributed by atoms with Crippen LogP contribution in [-0.2, 0) is 0 Å². The fraction of sp³-hybridized carbons (Fsp3) is 0.500. The molecule has 0 aliphatic heterocycles. The van der Waals surface area contributed by atoms with Crippen LogP contribution in [0.5, 0.6) is 0 Å². The van der Waals surface area contributed by atoms with E-state index in [1.807, 2.05) is 0 Å². The van der Waals surface area contributed by atoms with Crippen LogP contribution in [0.2, 0.25) is 0 Å². The summed E-state index contributed by atoms with van der Waals surface area (Å²) in [5.41, 5.74) is -0.924. The van der Waals surface area contributed by atoms with Gasteiger partial charge in [-0.15, -0.1) is 0 Å². The van der Waals surface area contributed by atoms with Gasteiger partial charge < -0.3 is 5.11 Å². The van der Waals surface area contributed by atoms with E-state index in [9.17, 15) is 0 Å². The highest BCUT2D eigenvalue weighted by atomic mass is 35.5. The van der Waals surface area contributed by atoms with Gasteiger partial charge >= 0.3 is 0 Å². The van der Waals surface area contributed by atoms with Gasteiger partial charge in [-0.3, -0.25) is 0 Å². The van der Waals surface area contributed by atoms with Gasteiger partial charge in [0.1, 0.15) is 5.60 Å². The predicted octanol–water partition coefficient (Wildman–Crippen LogP) is 1.90. The molecule has 0 saturated carbocycles. The summed E-state index contributed by atoms with van der Waals surface area (Å²) >= 11 is 5.43. The number of hydrogen-bond acceptors (Lipinski definition) is 1. The molecule has 0 fully saturated rings. The molecule has 0 aliphatic rings. The van der Waals surface area contributed by atoms with Gasteiger partial charge in [0.05, 0.1) is 0 Å². The van der Waals surface area contributed by atoms with Gasteiger partial charge in [-0.25, -0.2) is 0 Å². The first kappa shape index (κ1) is 9.55. The molecule has 0 unspecified atom stereocenters. The van der Waals surface area contributed by atoms with Gasteiger partial charge in [-0.1, -0.05) is 30.0 Å². The van der Waals surface area contributed by atoms with Crippen LogP contribution in [0.25, 0.3) is 0 Å². The van der Waals surface area contributed by atoms with Gasteiger partial charge in [0.15, 0.2) is 0 Å². The van der Waals surface area contributed by atoms with E-state index in [4.69, 9.17) is 16.7 Å². The maximum absolute atomic E-state index is 9.08. The van der Waals surface area contributed by atoms with E-state index in [1.54, 1.807) is 13.8 Å². The first-order valence-corrected chi connectivity index (χ1v) is 3.35. The lowest BCUT2D eigenvalue weighted by Crippen LogP contribution is -2.14. The van der Waals surface area contributed by atoms with Gasteiger partial charge in [-0.2, -0.15) is 0 Å². The van der Waals surface area contributed by atoms with Crippen LogP contribution < -0.4 is 0 Å². The van der Waals surface area contributed by atoms with Crippen LogP contribution in [0.3, 0.4) is 0 Å². The molecule has 0 aromatic rings. The Balaban J connectivity index is 3.82. The standard InChI is InChI=1S/C8H11ClO/c1-7(9)5-4-6-8(2,3)10/h10H,1,5H2,2-3H3. The average Bonchev–Trinajstić information content (AvgIpc) is 1.59. The second-order valence-electron chi connectivity index (χ2n) is 2.55. The highest BCUT2D eigenvalue weighted by Gasteiger charge is 2.04. The van der Waals surface area contributed by atoms with E-state index < -0.39 is 5.60 Å². The third kappa shape index (κ3) is 7.55. The summed E-state index contributed by atoms with van der Waals surface area (Å²) in [5.74, 6) is 5.31. The molecule has 0 aliphatic carbocycles. The van der Waals surface area contributed by atoms with Crippen LogP contribution >= 0.6 is 11.6 Å². The molecule has 1 nitrogen and oxygen atoms in total. The summed E-state index contributed by atoms with van der Waals surface area (Å²) in [5, 5.41) is 9.58. The van der Waals surface area contributed by atoms with Gasteiger partial charge in [0, 0.05) is 11.5 Å². The topological polar surface area (TPSA) is 20.2 Å². The Hall–Kier alpha value is -0.450. The molecule has 10 heavy (non-hydrogen) atoms. The largest absolute Gasteiger partial charge is 0.378 e. The van der Waals surface area contributed by atoms with E-state index in [-0.39, 0.29) is 0 Å². The molecule has 0 amide bonds. The predicted molar refractivity (Wildman–Crippen MR) is 43.7 cm³/mol. The molecule has 0 aromatic heterocycles. The molecular formula is C8H11ClO. The lowest BCUT2D eigenvalue weighted by atomic mass is 10.1. The molecule has 0 atom stereocenters. The minimum absolute atomic E-state index is 0.436. The first-order chi connectivity index (χ1) is 4.42. The van der Waals surface area contributed by atoms with Crippen molar-refractivity contribution in [1.29, 1.82) is 0 Å². The van der Waals surface area contributed by atoms with Crippen molar-refractivity contribution < 1.29 is 5.11 Å². The zero-order valence-electron chi connectivity index (χ0n) is 6.24. The fourth-order valence-electron chi connectivity index (χ4n) is 0.356. The normalized spacial score (nSPS) is 10.0. The van der Waals surface area contributed by atoms with Crippen molar-refractivity contribution in [2.24, 2.45) is 0 Å². The fourth-order valence-corrected chi connectivity index (χ4v) is 0.423. The lowest BCUT2D eigenvalue weighted by molar-refractivity contribution is 0.143. The van der Waals surface area contributed by atoms with Crippen molar-refractivity contribution in [3.8, 4) is 11.8 Å². The van der Waals surface area contributed by atoms with E-state index in [0.717, 1.165) is 0 Å². The Morgan fingerprint density at radius 3 is 2.50 bits per heavy atom. The molecule has 2 heteroatoms. The van der Waals surface area contributed by atoms with Crippen molar-refractivity contribution in [2.45, 2.75) is 25.9 Å². The lowest BCUT2D eigenvalue weighted by Gasteiger charge is -2.05. The summed E-state index contributed by atoms with van der Waals surface area (Å²) in [4.78, 5) is 0. The van der Waals surface area contributed by atoms with Crippen molar-refractivity contribution in [2.75, 3.05) is 0 Å². The smallest absolute Gasteiger partial charge is 0.119 e. The summed E-state index contributed by atoms with van der Waals surface area (Å²) in [7, 11) is 0. The molecule has 0 aromatic carbocycles. The Bertz CT molecular complexity index is 178. The minimum Gasteiger partial charge on any atom is -0.378 e. The SMILES string of the molecule is C=C(Cl)CC#CC(C)(C)O. The molecule has 0 rings (SSSR count). The minimum atomic E-state index is -0.924. The molecule has 56 valence electrons. The third-order valence-corrected chi connectivity index (χ3v) is 0.808. The molecule has 0 heterocycles. The van der Waals surface area contributed by atoms with E-state index in [1.165, 1.54) is 0 Å². The second kappa shape index (κ2) is 3.65. The Labute approximate surface area is 66.7 Å². The highest BCUT2D eigenvalue weighted by molar-refractivity contribution is 6.29. The zero-order valence-corrected chi connectivity index (χ0v) is 7.00. The molecular weight excluding hydrogens is 148 g/mol. The Kier molecular flexibility index (Phi) is 3.49. The number of aliphatic hydroxyl groups is 1. The van der Waals surface area contributed by atoms with Crippen molar-refractivity contribution in [3.05, 3.63) is 11.6 Å². The monoisotopic (exact) mass is 158 g/mol. The highest BCUT2D eigenvalue weighted by Crippen LogP contribution is 2.02. The number of hydrogen-bond donors (Lipinski definition) is 1. The van der Waals surface area contributed by atoms with Crippen molar-refractivity contribution >= 4 is 11.6 Å². The Morgan fingerprint density at radius 2 is 2.20 bits per heavy atom. The van der Waals surface area contributed by atoms with E-state index in [2.05, 4.69) is 18.4 Å². The number of allylic oxidation sites excluding steroid dienone is 1. The molecule has 0 radical (unpaired) electrons. The van der Waals surface area contributed by atoms with E-state index in [0.29, 0.717) is 11.5 Å². The molecule has 0 saturated heterocycles. The summed E-state index contributed by atoms with van der Waals surface area (Å²) in [6.07, 6.45) is 0.436. The van der Waals surface area contributed by atoms with Crippen LogP contribution in [0.4, 0.5) is 0 Å². The van der Waals surface area contributed by atoms with Crippen molar-refractivity contribution in [3.63, 3.8) is 0 Å². The summed E-state index contributed by atoms with van der Waals surface area (Å²) in [6.45, 7) is 6.70. The van der Waals surface area contributed by atoms with Crippen LogP contribution in [-0.4, -0.2) is 10.7 Å². The second-order valence-corrected chi connectivity index (χ2v) is 3.09. The maximum Gasteiger partial charge on any atom is 0.119 e. The van der Waals surface area contributed by atoms with Gasteiger partial charge in [0.2, 0.25) is 0 Å². The number of rotatable bonds is 1. The Morgan fingerprint density at radius 1 is 1.70 bits per heavy atom. The third-order valence-electron chi connectivity index (χ3n) is 0.674. The molecule has 1 N–H and O–H groups in total. The number of halogens is 1. The zero-order chi connectivity index (χ0) is 8.20. The first-order valence-electron chi connectivity index (χ1n) is 2.97. The van der Waals surface area contributed by atoms with Crippen LogP contribution in [0.1, 0.15) is 20.3 Å². The molecule has 0 spiro atoms.